The first-order valence-electron chi connectivity index (χ1n) is 14.4. The van der Waals surface area contributed by atoms with Gasteiger partial charge in [-0.25, -0.2) is 0 Å². The number of hydrogen-bond acceptors (Lipinski definition) is 10. The number of benzene rings is 1. The zero-order chi connectivity index (χ0) is 30.0. The summed E-state index contributed by atoms with van der Waals surface area (Å²) >= 11 is 0. The van der Waals surface area contributed by atoms with Gasteiger partial charge in [0.2, 0.25) is 5.91 Å². The zero-order valence-electron chi connectivity index (χ0n) is 24.1. The summed E-state index contributed by atoms with van der Waals surface area (Å²) in [5.74, 6) is -9.91. The van der Waals surface area contributed by atoms with E-state index in [9.17, 15) is 34.2 Å². The molecule has 0 aromatic heterocycles. The number of likely N-dealkylation sites (N-methyl/N-ethyl adjacent to an activating group) is 1. The minimum absolute atomic E-state index is 0.00828. The lowest BCUT2D eigenvalue weighted by atomic mass is 9.52. The van der Waals surface area contributed by atoms with E-state index in [1.807, 2.05) is 25.1 Å². The number of anilines is 2. The number of aromatic hydroxyl groups is 1. The van der Waals surface area contributed by atoms with E-state index in [1.54, 1.807) is 14.1 Å². The summed E-state index contributed by atoms with van der Waals surface area (Å²) in [6.45, 7) is 0.642. The van der Waals surface area contributed by atoms with Crippen molar-refractivity contribution in [2.45, 2.75) is 56.6 Å². The van der Waals surface area contributed by atoms with E-state index in [4.69, 9.17) is 5.73 Å². The van der Waals surface area contributed by atoms with Gasteiger partial charge < -0.3 is 26.2 Å². The third kappa shape index (κ3) is 4.44. The van der Waals surface area contributed by atoms with Gasteiger partial charge in [0.15, 0.2) is 34.7 Å². The van der Waals surface area contributed by atoms with Crippen molar-refractivity contribution in [3.8, 4) is 5.75 Å². The van der Waals surface area contributed by atoms with Crippen LogP contribution >= 0.6 is 0 Å². The number of fused-ring (bicyclic) bond motifs is 3. The third-order valence-electron chi connectivity index (χ3n) is 9.83. The summed E-state index contributed by atoms with van der Waals surface area (Å²) in [5, 5.41) is 26.5. The Morgan fingerprint density at radius 3 is 2.32 bits per heavy atom. The highest BCUT2D eigenvalue weighted by Crippen LogP contribution is 2.52. The number of phenols is 1. The molecular formula is C30H40N4O7. The summed E-state index contributed by atoms with van der Waals surface area (Å²) in [7, 11) is 6.81. The van der Waals surface area contributed by atoms with E-state index in [1.165, 1.54) is 11.3 Å². The highest BCUT2D eigenvalue weighted by Gasteiger charge is 2.69. The first-order chi connectivity index (χ1) is 19.3. The lowest BCUT2D eigenvalue weighted by Crippen LogP contribution is -2.74. The molecule has 11 nitrogen and oxygen atoms in total. The maximum absolute atomic E-state index is 14.1. The number of nitrogens with two attached hydrogens (primary N) is 1. The van der Waals surface area contributed by atoms with Gasteiger partial charge >= 0.3 is 0 Å². The number of rotatable bonds is 6. The number of hydrogen-bond donors (Lipinski definition) is 4. The molecule has 0 aliphatic heterocycles. The van der Waals surface area contributed by atoms with Crippen molar-refractivity contribution in [1.29, 1.82) is 0 Å². The molecule has 4 aliphatic carbocycles. The van der Waals surface area contributed by atoms with E-state index in [0.717, 1.165) is 31.4 Å². The number of Topliss-reactive ketones (excluding diaryl/α,β-unsaturated/α-hetero) is 4. The maximum atomic E-state index is 14.1. The van der Waals surface area contributed by atoms with Crippen LogP contribution in [-0.2, 0) is 25.6 Å². The third-order valence-corrected chi connectivity index (χ3v) is 9.83. The quantitative estimate of drug-likeness (QED) is 0.286. The summed E-state index contributed by atoms with van der Waals surface area (Å²) in [6, 6.07) is 0.698. The van der Waals surface area contributed by atoms with Gasteiger partial charge in [-0.1, -0.05) is 19.3 Å². The zero-order valence-corrected chi connectivity index (χ0v) is 24.1. The highest BCUT2D eigenvalue weighted by atomic mass is 16.3. The van der Waals surface area contributed by atoms with Crippen LogP contribution in [0.25, 0.3) is 0 Å². The van der Waals surface area contributed by atoms with Crippen molar-refractivity contribution in [3.63, 3.8) is 0 Å². The monoisotopic (exact) mass is 568 g/mol. The fourth-order valence-corrected chi connectivity index (χ4v) is 7.83. The molecule has 0 radical (unpaired) electrons. The Bertz CT molecular complexity index is 1320. The van der Waals surface area contributed by atoms with Gasteiger partial charge in [-0.3, -0.25) is 28.9 Å². The lowest BCUT2D eigenvalue weighted by molar-refractivity contribution is -0.181. The van der Waals surface area contributed by atoms with Crippen LogP contribution in [0.2, 0.25) is 0 Å². The molecule has 6 atom stereocenters. The van der Waals surface area contributed by atoms with Gasteiger partial charge in [-0.2, -0.15) is 0 Å². The first kappa shape index (κ1) is 29.2. The second-order valence-electron chi connectivity index (χ2n) is 12.7. The summed E-state index contributed by atoms with van der Waals surface area (Å²) in [5.41, 5.74) is 4.37. The Kier molecular flexibility index (Phi) is 7.48. The Hall–Kier alpha value is -3.31. The molecule has 4 aliphatic rings. The molecule has 1 aromatic rings. The number of carbonyl (C=O) groups excluding carboxylic acids is 5. The smallest absolute Gasteiger partial charge is 0.235 e. The number of ketones is 4. The molecule has 1 amide bonds. The molecule has 0 bridgehead atoms. The van der Waals surface area contributed by atoms with Gasteiger partial charge in [-0.05, 0) is 63.2 Å². The molecule has 0 heterocycles. The molecule has 5 rings (SSSR count). The van der Waals surface area contributed by atoms with Gasteiger partial charge in [0.05, 0.1) is 23.2 Å². The largest absolute Gasteiger partial charge is 0.505 e. The fourth-order valence-electron chi connectivity index (χ4n) is 7.83. The second-order valence-corrected chi connectivity index (χ2v) is 12.7. The van der Waals surface area contributed by atoms with E-state index < -0.39 is 64.4 Å². The molecule has 2 unspecified atom stereocenters. The van der Waals surface area contributed by atoms with Crippen LogP contribution in [0, 0.1) is 29.6 Å². The van der Waals surface area contributed by atoms with Crippen molar-refractivity contribution < 1.29 is 34.2 Å². The summed E-state index contributed by atoms with van der Waals surface area (Å²) in [6.07, 6.45) is 5.98. The number of carbonyl (C=O) groups is 5. The minimum Gasteiger partial charge on any atom is -0.505 e. The number of nitrogens with one attached hydrogen (secondary N) is 1. The Labute approximate surface area is 239 Å². The SMILES string of the molecule is CN(C)c1cc(NCC2CCCCC2)c(O)c2c1C[C@@H]1C[C@@H]3[C@@H](N(C)C)C(=O)C(C(N)=O)C(=O)[C@]3(O)C(=O)C1C2=O. The molecule has 0 saturated heterocycles. The topological polar surface area (TPSA) is 170 Å². The van der Waals surface area contributed by atoms with Gasteiger partial charge in [0.1, 0.15) is 5.75 Å². The maximum Gasteiger partial charge on any atom is 0.235 e. The average Bonchev–Trinajstić information content (AvgIpc) is 2.90. The van der Waals surface area contributed by atoms with E-state index >= 15 is 0 Å². The first-order valence-corrected chi connectivity index (χ1v) is 14.4. The predicted molar refractivity (Wildman–Crippen MR) is 151 cm³/mol. The van der Waals surface area contributed by atoms with Crippen molar-refractivity contribution in [3.05, 3.63) is 17.2 Å². The van der Waals surface area contributed by atoms with E-state index in [0.29, 0.717) is 23.7 Å². The van der Waals surface area contributed by atoms with Gasteiger partial charge in [0.25, 0.3) is 0 Å². The van der Waals surface area contributed by atoms with Crippen LogP contribution < -0.4 is 16.0 Å². The standard InChI is InChI=1S/C30H40N4O7/c1-33(2)19-12-18(32-13-14-8-6-5-7-9-14)24(35)21-16(19)10-15-11-17-23(34(3)4)26(37)22(29(31)40)28(39)30(17,41)27(38)20(15)25(21)36/h12,14-15,17,20,22-23,32,35,41H,5-11,13H2,1-4H3,(H2,31,40)/t15-,17-,20?,22?,23-,30-/m1/s1. The molecule has 1 aromatic carbocycles. The molecule has 0 spiro atoms. The molecule has 41 heavy (non-hydrogen) atoms. The Morgan fingerprint density at radius 2 is 1.73 bits per heavy atom. The fraction of sp³-hybridized carbons (Fsp3) is 0.633. The molecular weight excluding hydrogens is 528 g/mol. The van der Waals surface area contributed by atoms with E-state index in [-0.39, 0.29) is 24.2 Å². The van der Waals surface area contributed by atoms with Gasteiger partial charge in [-0.15, -0.1) is 0 Å². The average molecular weight is 569 g/mol. The molecule has 11 heteroatoms. The van der Waals surface area contributed by atoms with Crippen molar-refractivity contribution in [2.75, 3.05) is 45.0 Å². The van der Waals surface area contributed by atoms with Crippen LogP contribution in [0.3, 0.4) is 0 Å². The number of phenolic OH excluding ortho intramolecular Hbond substituents is 1. The normalized spacial score (nSPS) is 31.9. The number of primary amides is 1. The number of amides is 1. The molecule has 3 saturated carbocycles. The van der Waals surface area contributed by atoms with Crippen LogP contribution in [0.15, 0.2) is 6.07 Å². The van der Waals surface area contributed by atoms with Crippen LogP contribution in [0.5, 0.6) is 5.75 Å². The molecule has 5 N–H and O–H groups in total. The van der Waals surface area contributed by atoms with Crippen molar-refractivity contribution in [2.24, 2.45) is 35.3 Å². The minimum atomic E-state index is -2.73. The van der Waals surface area contributed by atoms with Crippen LogP contribution in [0.4, 0.5) is 11.4 Å². The van der Waals surface area contributed by atoms with Crippen molar-refractivity contribution >= 4 is 40.4 Å². The lowest BCUT2D eigenvalue weighted by Gasteiger charge is -2.52. The Morgan fingerprint density at radius 1 is 1.07 bits per heavy atom. The number of aliphatic hydroxyl groups is 1. The molecule has 222 valence electrons. The highest BCUT2D eigenvalue weighted by molar-refractivity contribution is 6.32. The molecule has 3 fully saturated rings. The van der Waals surface area contributed by atoms with Crippen LogP contribution in [-0.4, -0.2) is 90.5 Å². The van der Waals surface area contributed by atoms with Gasteiger partial charge in [0, 0.05) is 32.2 Å². The second kappa shape index (κ2) is 10.5. The van der Waals surface area contributed by atoms with E-state index in [2.05, 4.69) is 5.32 Å². The van der Waals surface area contributed by atoms with Crippen molar-refractivity contribution in [1.82, 2.24) is 4.90 Å². The summed E-state index contributed by atoms with van der Waals surface area (Å²) in [4.78, 5) is 70.4. The number of nitrogens with zero attached hydrogens (tertiary/aromatic N) is 2. The summed E-state index contributed by atoms with van der Waals surface area (Å²) < 4.78 is 0. The Balaban J connectivity index is 1.57. The van der Waals surface area contributed by atoms with Crippen LogP contribution in [0.1, 0.15) is 54.4 Å². The predicted octanol–water partition coefficient (Wildman–Crippen LogP) is 0.925.